The van der Waals surface area contributed by atoms with Crippen LogP contribution >= 0.6 is 11.8 Å². The van der Waals surface area contributed by atoms with E-state index in [4.69, 9.17) is 0 Å². The van der Waals surface area contributed by atoms with Crippen LogP contribution in [0.4, 0.5) is 5.69 Å². The largest absolute Gasteiger partial charge is 0.346 e. The highest BCUT2D eigenvalue weighted by atomic mass is 32.2. The summed E-state index contributed by atoms with van der Waals surface area (Å²) in [6, 6.07) is 26.0. The first-order valence-electron chi connectivity index (χ1n) is 11.7. The van der Waals surface area contributed by atoms with Gasteiger partial charge >= 0.3 is 0 Å². The Hall–Kier alpha value is -3.98. The van der Waals surface area contributed by atoms with Gasteiger partial charge in [0.1, 0.15) is 0 Å². The topological polar surface area (TPSA) is 103 Å². The molecule has 1 aromatic heterocycles. The van der Waals surface area contributed by atoms with Gasteiger partial charge in [0.25, 0.3) is 5.69 Å². The van der Waals surface area contributed by atoms with Crippen molar-refractivity contribution in [1.29, 1.82) is 0 Å². The summed E-state index contributed by atoms with van der Waals surface area (Å²) in [4.78, 5) is 23.7. The van der Waals surface area contributed by atoms with Crippen LogP contribution in [0.25, 0.3) is 5.69 Å². The molecule has 5 rings (SSSR count). The number of nitro benzene ring substituents is 1. The van der Waals surface area contributed by atoms with Gasteiger partial charge in [0, 0.05) is 29.5 Å². The zero-order chi connectivity index (χ0) is 25.1. The van der Waals surface area contributed by atoms with E-state index in [2.05, 4.69) is 27.6 Å². The predicted molar refractivity (Wildman–Crippen MR) is 138 cm³/mol. The lowest BCUT2D eigenvalue weighted by Crippen LogP contribution is -2.30. The fraction of sp³-hybridized carbons (Fsp3) is 0.222. The Morgan fingerprint density at radius 2 is 1.72 bits per heavy atom. The molecule has 1 heterocycles. The zero-order valence-electron chi connectivity index (χ0n) is 19.7. The van der Waals surface area contributed by atoms with Crippen molar-refractivity contribution in [3.05, 3.63) is 112 Å². The number of amides is 1. The van der Waals surface area contributed by atoms with E-state index >= 15 is 0 Å². The second-order valence-corrected chi connectivity index (χ2v) is 9.76. The first-order chi connectivity index (χ1) is 17.5. The van der Waals surface area contributed by atoms with Crippen LogP contribution in [0, 0.1) is 16.0 Å². The van der Waals surface area contributed by atoms with Crippen LogP contribution in [0.1, 0.15) is 42.3 Å². The van der Waals surface area contributed by atoms with Crippen LogP contribution in [0.5, 0.6) is 0 Å². The molecule has 1 saturated carbocycles. The lowest BCUT2D eigenvalue weighted by molar-refractivity contribution is -0.384. The summed E-state index contributed by atoms with van der Waals surface area (Å²) >= 11 is 1.52. The molecule has 3 aromatic carbocycles. The van der Waals surface area contributed by atoms with Crippen LogP contribution < -0.4 is 5.32 Å². The summed E-state index contributed by atoms with van der Waals surface area (Å²) in [5.41, 5.74) is 3.03. The Labute approximate surface area is 212 Å². The van der Waals surface area contributed by atoms with Gasteiger partial charge in [-0.15, -0.1) is 10.2 Å². The SMILES string of the molecule is CC(NC(=O)C1CC1c1ccccc1)c1nnc(SCc2ccccc2)n1-c1ccc([N+](=O)[O-])cc1. The maximum absolute atomic E-state index is 13.0. The molecule has 3 unspecified atom stereocenters. The van der Waals surface area contributed by atoms with Gasteiger partial charge in [-0.3, -0.25) is 19.5 Å². The summed E-state index contributed by atoms with van der Waals surface area (Å²) in [5.74, 6) is 1.44. The predicted octanol–water partition coefficient (Wildman–Crippen LogP) is 5.45. The molecule has 8 nitrogen and oxygen atoms in total. The van der Waals surface area contributed by atoms with Gasteiger partial charge in [0.05, 0.1) is 11.0 Å². The highest BCUT2D eigenvalue weighted by molar-refractivity contribution is 7.98. The lowest BCUT2D eigenvalue weighted by Gasteiger charge is -2.16. The lowest BCUT2D eigenvalue weighted by atomic mass is 10.1. The molecule has 9 heteroatoms. The van der Waals surface area contributed by atoms with E-state index in [9.17, 15) is 14.9 Å². The Morgan fingerprint density at radius 1 is 1.06 bits per heavy atom. The maximum Gasteiger partial charge on any atom is 0.269 e. The quantitative estimate of drug-likeness (QED) is 0.187. The number of aromatic nitrogens is 3. The summed E-state index contributed by atoms with van der Waals surface area (Å²) < 4.78 is 1.86. The molecule has 1 aliphatic rings. The molecule has 0 saturated heterocycles. The third-order valence-corrected chi connectivity index (χ3v) is 7.29. The molecule has 1 fully saturated rings. The zero-order valence-corrected chi connectivity index (χ0v) is 20.5. The molecular weight excluding hydrogens is 474 g/mol. The fourth-order valence-corrected chi connectivity index (χ4v) is 5.20. The van der Waals surface area contributed by atoms with Crippen molar-refractivity contribution in [2.45, 2.75) is 36.2 Å². The van der Waals surface area contributed by atoms with E-state index in [1.54, 1.807) is 12.1 Å². The number of non-ortho nitro benzene ring substituents is 1. The van der Waals surface area contributed by atoms with Crippen molar-refractivity contribution < 1.29 is 9.72 Å². The standard InChI is InChI=1S/C27H25N5O3S/c1-18(28-26(33)24-16-23(24)20-10-6-3-7-11-20)25-29-30-27(36-17-19-8-4-2-5-9-19)31(25)21-12-14-22(15-13-21)32(34)35/h2-15,18,23-24H,16-17H2,1H3,(H,28,33). The Morgan fingerprint density at radius 3 is 2.39 bits per heavy atom. The first-order valence-corrected chi connectivity index (χ1v) is 12.7. The van der Waals surface area contributed by atoms with E-state index in [-0.39, 0.29) is 23.4 Å². The molecule has 0 spiro atoms. The van der Waals surface area contributed by atoms with Crippen molar-refractivity contribution in [3.63, 3.8) is 0 Å². The molecule has 182 valence electrons. The highest BCUT2D eigenvalue weighted by Crippen LogP contribution is 2.47. The summed E-state index contributed by atoms with van der Waals surface area (Å²) in [6.45, 7) is 1.88. The average Bonchev–Trinajstić information content (AvgIpc) is 3.60. The van der Waals surface area contributed by atoms with Crippen LogP contribution in [0.2, 0.25) is 0 Å². The molecule has 0 aliphatic heterocycles. The van der Waals surface area contributed by atoms with Crippen molar-refractivity contribution >= 4 is 23.4 Å². The fourth-order valence-electron chi connectivity index (χ4n) is 4.28. The van der Waals surface area contributed by atoms with Crippen LogP contribution in [0.3, 0.4) is 0 Å². The minimum Gasteiger partial charge on any atom is -0.346 e. The van der Waals surface area contributed by atoms with E-state index in [0.717, 1.165) is 12.0 Å². The Balaban J connectivity index is 1.37. The van der Waals surface area contributed by atoms with Crippen molar-refractivity contribution in [3.8, 4) is 5.69 Å². The maximum atomic E-state index is 13.0. The molecule has 4 aromatic rings. The van der Waals surface area contributed by atoms with Gasteiger partial charge in [-0.25, -0.2) is 0 Å². The number of hydrogen-bond donors (Lipinski definition) is 1. The Kier molecular flexibility index (Phi) is 6.81. The number of nitrogens with one attached hydrogen (secondary N) is 1. The number of thioether (sulfide) groups is 1. The summed E-state index contributed by atoms with van der Waals surface area (Å²) in [5, 5.41) is 23.7. The molecule has 1 N–H and O–H groups in total. The number of benzene rings is 3. The third kappa shape index (κ3) is 5.16. The van der Waals surface area contributed by atoms with E-state index in [0.29, 0.717) is 22.4 Å². The summed E-state index contributed by atoms with van der Waals surface area (Å²) in [6.07, 6.45) is 0.829. The average molecular weight is 500 g/mol. The van der Waals surface area contributed by atoms with E-state index < -0.39 is 11.0 Å². The number of nitrogens with zero attached hydrogens (tertiary/aromatic N) is 4. The van der Waals surface area contributed by atoms with Gasteiger partial charge in [-0.2, -0.15) is 0 Å². The highest BCUT2D eigenvalue weighted by Gasteiger charge is 2.44. The minimum absolute atomic E-state index is 0.00640. The number of hydrogen-bond acceptors (Lipinski definition) is 6. The monoisotopic (exact) mass is 499 g/mol. The smallest absolute Gasteiger partial charge is 0.269 e. The molecular formula is C27H25N5O3S. The van der Waals surface area contributed by atoms with Crippen LogP contribution in [-0.2, 0) is 10.5 Å². The van der Waals surface area contributed by atoms with Crippen LogP contribution in [0.15, 0.2) is 90.1 Å². The van der Waals surface area contributed by atoms with Crippen LogP contribution in [-0.4, -0.2) is 25.6 Å². The Bertz CT molecular complexity index is 1360. The van der Waals surface area contributed by atoms with Gasteiger partial charge in [0.15, 0.2) is 11.0 Å². The van der Waals surface area contributed by atoms with E-state index in [1.807, 2.05) is 60.0 Å². The number of nitro groups is 1. The van der Waals surface area contributed by atoms with Gasteiger partial charge in [-0.1, -0.05) is 72.4 Å². The van der Waals surface area contributed by atoms with Crippen molar-refractivity contribution in [2.75, 3.05) is 0 Å². The molecule has 3 atom stereocenters. The molecule has 0 bridgehead atoms. The molecule has 0 radical (unpaired) electrons. The van der Waals surface area contributed by atoms with Crippen molar-refractivity contribution in [2.24, 2.45) is 5.92 Å². The molecule has 1 amide bonds. The summed E-state index contributed by atoms with van der Waals surface area (Å²) in [7, 11) is 0. The molecule has 1 aliphatic carbocycles. The second kappa shape index (κ2) is 10.3. The third-order valence-electron chi connectivity index (χ3n) is 6.29. The second-order valence-electron chi connectivity index (χ2n) is 8.81. The number of carbonyl (C=O) groups excluding carboxylic acids is 1. The van der Waals surface area contributed by atoms with E-state index in [1.165, 1.54) is 29.5 Å². The van der Waals surface area contributed by atoms with Crippen molar-refractivity contribution in [1.82, 2.24) is 20.1 Å². The van der Waals surface area contributed by atoms with Gasteiger partial charge < -0.3 is 5.32 Å². The van der Waals surface area contributed by atoms with Gasteiger partial charge in [0.2, 0.25) is 5.91 Å². The number of carbonyl (C=O) groups is 1. The number of rotatable bonds is 9. The minimum atomic E-state index is -0.427. The van der Waals surface area contributed by atoms with Gasteiger partial charge in [-0.05, 0) is 42.5 Å². The molecule has 36 heavy (non-hydrogen) atoms. The first kappa shape index (κ1) is 23.7. The normalized spacial score (nSPS) is 17.4.